The number of aromatic nitrogens is 8. The molecule has 1 atom stereocenters. The highest BCUT2D eigenvalue weighted by Crippen LogP contribution is 2.31. The molecule has 2 N–H and O–H groups in total. The molecule has 170 valence electrons. The number of nitrogens with one attached hydrogen (secondary N) is 2. The molecule has 3 heterocycles. The molecule has 0 unspecified atom stereocenters. The van der Waals surface area contributed by atoms with Crippen molar-refractivity contribution in [2.24, 2.45) is 0 Å². The monoisotopic (exact) mass is 459 g/mol. The number of nitrogens with zero attached hydrogens (tertiary/aromatic N) is 7. The first-order chi connectivity index (χ1) is 17.3. The summed E-state index contributed by atoms with van der Waals surface area (Å²) in [7, 11) is 0. The zero-order valence-electron chi connectivity index (χ0n) is 18.9. The van der Waals surface area contributed by atoms with E-state index in [1.54, 1.807) is 6.33 Å². The van der Waals surface area contributed by atoms with Crippen LogP contribution in [0.25, 0.3) is 39.5 Å². The molecule has 0 aliphatic rings. The Labute approximate surface area is 200 Å². The van der Waals surface area contributed by atoms with E-state index < -0.39 is 0 Å². The van der Waals surface area contributed by atoms with Crippen molar-refractivity contribution in [1.82, 2.24) is 40.1 Å². The number of tetrazole rings is 1. The van der Waals surface area contributed by atoms with Gasteiger partial charge in [-0.15, -0.1) is 5.10 Å². The normalized spacial score (nSPS) is 12.0. The van der Waals surface area contributed by atoms with Crippen LogP contribution in [0.15, 0.2) is 91.3 Å². The lowest BCUT2D eigenvalue weighted by atomic mass is 10.0. The maximum atomic E-state index is 4.89. The van der Waals surface area contributed by atoms with Gasteiger partial charge in [-0.2, -0.15) is 4.98 Å². The number of hydrogen-bond donors (Lipinski definition) is 2. The van der Waals surface area contributed by atoms with Gasteiger partial charge in [-0.3, -0.25) is 4.57 Å². The van der Waals surface area contributed by atoms with Crippen LogP contribution in [0.2, 0.25) is 0 Å². The Hall–Kier alpha value is -4.92. The molecule has 0 fully saturated rings. The van der Waals surface area contributed by atoms with Crippen LogP contribution in [0.3, 0.4) is 0 Å². The minimum atomic E-state index is 0.00699. The van der Waals surface area contributed by atoms with Crippen molar-refractivity contribution in [3.05, 3.63) is 96.8 Å². The van der Waals surface area contributed by atoms with Gasteiger partial charge in [0.2, 0.25) is 5.95 Å². The number of imidazole rings is 1. The molecule has 0 radical (unpaired) electrons. The third-order valence-electron chi connectivity index (χ3n) is 5.86. The predicted molar refractivity (Wildman–Crippen MR) is 134 cm³/mol. The van der Waals surface area contributed by atoms with E-state index in [1.165, 1.54) is 0 Å². The van der Waals surface area contributed by atoms with Gasteiger partial charge in [0.15, 0.2) is 5.82 Å². The first kappa shape index (κ1) is 20.7. The molecule has 6 rings (SSSR count). The van der Waals surface area contributed by atoms with Crippen LogP contribution in [0.1, 0.15) is 18.5 Å². The van der Waals surface area contributed by atoms with Crippen LogP contribution in [0.4, 0.5) is 5.95 Å². The summed E-state index contributed by atoms with van der Waals surface area (Å²) in [6.45, 7) is 2.09. The number of aromatic amines is 1. The van der Waals surface area contributed by atoms with Gasteiger partial charge >= 0.3 is 0 Å². The molecule has 0 amide bonds. The van der Waals surface area contributed by atoms with Gasteiger partial charge in [-0.05, 0) is 35.0 Å². The summed E-state index contributed by atoms with van der Waals surface area (Å²) in [5.74, 6) is 1.79. The van der Waals surface area contributed by atoms with E-state index in [-0.39, 0.29) is 6.04 Å². The smallest absolute Gasteiger partial charge is 0.225 e. The lowest BCUT2D eigenvalue weighted by Crippen LogP contribution is -2.11. The van der Waals surface area contributed by atoms with Crippen molar-refractivity contribution in [3.8, 4) is 28.5 Å². The summed E-state index contributed by atoms with van der Waals surface area (Å²) in [4.78, 5) is 14.3. The van der Waals surface area contributed by atoms with Crippen molar-refractivity contribution >= 4 is 17.0 Å². The highest BCUT2D eigenvalue weighted by molar-refractivity contribution is 5.81. The van der Waals surface area contributed by atoms with Crippen LogP contribution in [0.5, 0.6) is 0 Å². The predicted octanol–water partition coefficient (Wildman–Crippen LogP) is 4.84. The highest BCUT2D eigenvalue weighted by atomic mass is 15.5. The average molecular weight is 460 g/mol. The zero-order chi connectivity index (χ0) is 23.6. The van der Waals surface area contributed by atoms with Crippen molar-refractivity contribution < 1.29 is 0 Å². The molecule has 0 saturated heterocycles. The summed E-state index contributed by atoms with van der Waals surface area (Å²) in [5.41, 5.74) is 5.47. The van der Waals surface area contributed by atoms with Crippen molar-refractivity contribution in [3.63, 3.8) is 0 Å². The molecule has 0 saturated carbocycles. The quantitative estimate of drug-likeness (QED) is 0.367. The number of fused-ring (bicyclic) bond motifs is 1. The molecule has 0 spiro atoms. The van der Waals surface area contributed by atoms with E-state index in [4.69, 9.17) is 9.97 Å². The molecule has 3 aromatic carbocycles. The topological polar surface area (TPSA) is 110 Å². The number of benzene rings is 3. The van der Waals surface area contributed by atoms with Crippen molar-refractivity contribution in [2.75, 3.05) is 5.32 Å². The number of anilines is 1. The standard InChI is InChI=1S/C26H21N9/c1-17(18-9-3-2-4-10-18)28-26-29-22(19-11-5-6-12-20(19)25-31-33-34-32-25)15-24(30-26)35-16-27-21-13-7-8-14-23(21)35/h2-17H,1H3,(H,28,29,30)(H,31,32,33,34)/t17-/m0/s1. The fraction of sp³-hybridized carbons (Fsp3) is 0.0769. The molecule has 35 heavy (non-hydrogen) atoms. The fourth-order valence-corrected chi connectivity index (χ4v) is 4.11. The maximum absolute atomic E-state index is 4.89. The van der Waals surface area contributed by atoms with Crippen LogP contribution in [-0.2, 0) is 0 Å². The van der Waals surface area contributed by atoms with E-state index >= 15 is 0 Å². The number of para-hydroxylation sites is 2. The summed E-state index contributed by atoms with van der Waals surface area (Å²) in [6, 6.07) is 28.0. The number of rotatable bonds is 6. The van der Waals surface area contributed by atoms with Gasteiger partial charge in [-0.1, -0.05) is 66.7 Å². The largest absolute Gasteiger partial charge is 0.348 e. The van der Waals surface area contributed by atoms with Gasteiger partial charge in [0.1, 0.15) is 12.1 Å². The molecule has 0 aliphatic carbocycles. The minimum absolute atomic E-state index is 0.00699. The van der Waals surface area contributed by atoms with Gasteiger partial charge in [0.25, 0.3) is 0 Å². The first-order valence-electron chi connectivity index (χ1n) is 11.2. The lowest BCUT2D eigenvalue weighted by molar-refractivity contribution is 0.855. The minimum Gasteiger partial charge on any atom is -0.348 e. The molecule has 3 aromatic heterocycles. The molecule has 0 bridgehead atoms. The van der Waals surface area contributed by atoms with E-state index in [0.717, 1.165) is 33.4 Å². The van der Waals surface area contributed by atoms with Gasteiger partial charge in [0, 0.05) is 17.2 Å². The second-order valence-corrected chi connectivity index (χ2v) is 8.11. The Morgan fingerprint density at radius 2 is 1.63 bits per heavy atom. The summed E-state index contributed by atoms with van der Waals surface area (Å²) >= 11 is 0. The third-order valence-corrected chi connectivity index (χ3v) is 5.86. The van der Waals surface area contributed by atoms with Gasteiger partial charge in [-0.25, -0.2) is 15.1 Å². The molecular formula is C26H21N9. The van der Waals surface area contributed by atoms with E-state index in [9.17, 15) is 0 Å². The molecular weight excluding hydrogens is 438 g/mol. The Morgan fingerprint density at radius 3 is 2.46 bits per heavy atom. The fourth-order valence-electron chi connectivity index (χ4n) is 4.11. The van der Waals surface area contributed by atoms with Crippen LogP contribution < -0.4 is 5.32 Å². The zero-order valence-corrected chi connectivity index (χ0v) is 18.9. The molecule has 9 nitrogen and oxygen atoms in total. The Morgan fingerprint density at radius 1 is 0.857 bits per heavy atom. The molecule has 9 heteroatoms. The second kappa shape index (κ2) is 8.79. The molecule has 0 aliphatic heterocycles. The molecule has 6 aromatic rings. The Bertz CT molecular complexity index is 1590. The van der Waals surface area contributed by atoms with Gasteiger partial charge < -0.3 is 5.32 Å². The Kier molecular flexibility index (Phi) is 5.19. The second-order valence-electron chi connectivity index (χ2n) is 8.11. The van der Waals surface area contributed by atoms with Crippen LogP contribution in [0, 0.1) is 0 Å². The van der Waals surface area contributed by atoms with Gasteiger partial charge in [0.05, 0.1) is 22.8 Å². The number of H-pyrrole nitrogens is 1. The Balaban J connectivity index is 1.51. The third kappa shape index (κ3) is 3.99. The average Bonchev–Trinajstić information content (AvgIpc) is 3.60. The van der Waals surface area contributed by atoms with Crippen molar-refractivity contribution in [2.45, 2.75) is 13.0 Å². The van der Waals surface area contributed by atoms with E-state index in [0.29, 0.717) is 17.6 Å². The summed E-state index contributed by atoms with van der Waals surface area (Å²) < 4.78 is 1.97. The van der Waals surface area contributed by atoms with Crippen molar-refractivity contribution in [1.29, 1.82) is 0 Å². The summed E-state index contributed by atoms with van der Waals surface area (Å²) in [6.07, 6.45) is 1.79. The van der Waals surface area contributed by atoms with Crippen LogP contribution >= 0.6 is 0 Å². The maximum Gasteiger partial charge on any atom is 0.225 e. The highest BCUT2D eigenvalue weighted by Gasteiger charge is 2.17. The van der Waals surface area contributed by atoms with E-state index in [2.05, 4.69) is 50.0 Å². The van der Waals surface area contributed by atoms with Crippen LogP contribution in [-0.4, -0.2) is 40.1 Å². The SMILES string of the molecule is C[C@H](Nc1nc(-c2ccccc2-c2nnn[nH]2)cc(-n2cnc3ccccc32)n1)c1ccccc1. The lowest BCUT2D eigenvalue weighted by Gasteiger charge is -2.17. The van der Waals surface area contributed by atoms with E-state index in [1.807, 2.05) is 77.4 Å². The summed E-state index contributed by atoms with van der Waals surface area (Å²) in [5, 5.41) is 17.9. The number of hydrogen-bond acceptors (Lipinski definition) is 7. The first-order valence-corrected chi connectivity index (χ1v) is 11.2.